The number of nitrogens with zero attached hydrogens (tertiary/aromatic N) is 2. The third-order valence-electron chi connectivity index (χ3n) is 14.4. The second-order valence-electron chi connectivity index (χ2n) is 18.7. The zero-order chi connectivity index (χ0) is 44.3. The maximum atomic E-state index is 7.10. The van der Waals surface area contributed by atoms with Crippen LogP contribution in [0.25, 0.3) is 105 Å². The minimum Gasteiger partial charge on any atom is -0.477 e. The van der Waals surface area contributed by atoms with E-state index in [9.17, 15) is 0 Å². The van der Waals surface area contributed by atoms with Crippen LogP contribution in [0.15, 0.2) is 60.7 Å². The molecule has 334 valence electrons. The van der Waals surface area contributed by atoms with Gasteiger partial charge in [0.05, 0.1) is 35.0 Å². The van der Waals surface area contributed by atoms with Crippen molar-refractivity contribution >= 4 is 130 Å². The average molecular weight is 933 g/mol. The van der Waals surface area contributed by atoms with E-state index in [1.807, 2.05) is 45.3 Å². The van der Waals surface area contributed by atoms with Crippen molar-refractivity contribution in [1.82, 2.24) is 9.97 Å². The fourth-order valence-electron chi connectivity index (χ4n) is 10.7. The van der Waals surface area contributed by atoms with Crippen LogP contribution in [0.3, 0.4) is 0 Å². The van der Waals surface area contributed by atoms with Crippen LogP contribution in [0, 0.1) is 18.8 Å². The lowest BCUT2D eigenvalue weighted by Crippen LogP contribution is -2.13. The zero-order valence-electron chi connectivity index (χ0n) is 38.9. The molecule has 0 N–H and O–H groups in total. The Hall–Kier alpha value is -4.34. The maximum Gasteiger partial charge on any atom is 0.223 e. The van der Waals surface area contributed by atoms with Crippen molar-refractivity contribution in [3.8, 4) is 31.3 Å². The SMILES string of the molecule is CCCCCCc1ccc(-c2cc3c4ccc5nc(OCC(CC)CCCC)c6c7sc(-c8ccc(C)s8)cc7c7ccc8nc(OCC(CC)CCCC)c(c3s2)c2c8c7c6c5c42)s1. The van der Waals surface area contributed by atoms with E-state index in [4.69, 9.17) is 19.4 Å². The number of aryl methyl sites for hydroxylation is 2. The molecule has 0 spiro atoms. The van der Waals surface area contributed by atoms with Crippen LogP contribution in [0.5, 0.6) is 11.8 Å². The van der Waals surface area contributed by atoms with Crippen molar-refractivity contribution in [1.29, 1.82) is 0 Å². The number of hydrogen-bond donors (Lipinski definition) is 0. The fourth-order valence-corrected chi connectivity index (χ4v) is 15.2. The Morgan fingerprint density at radius 1 is 0.462 bits per heavy atom. The largest absolute Gasteiger partial charge is 0.477 e. The lowest BCUT2D eigenvalue weighted by Gasteiger charge is -2.24. The molecule has 11 rings (SSSR count). The lowest BCUT2D eigenvalue weighted by molar-refractivity contribution is 0.229. The van der Waals surface area contributed by atoms with Crippen LogP contribution in [0.1, 0.15) is 121 Å². The summed E-state index contributed by atoms with van der Waals surface area (Å²) in [5.74, 6) is 2.52. The molecule has 0 saturated carbocycles. The van der Waals surface area contributed by atoms with Crippen LogP contribution in [-0.4, -0.2) is 23.2 Å². The first-order chi connectivity index (χ1) is 31.9. The second-order valence-corrected chi connectivity index (χ2v) is 23.3. The quantitative estimate of drug-likeness (QED) is 0.0409. The highest BCUT2D eigenvalue weighted by molar-refractivity contribution is 7.27. The van der Waals surface area contributed by atoms with E-state index in [0.29, 0.717) is 25.0 Å². The van der Waals surface area contributed by atoms with E-state index < -0.39 is 0 Å². The Morgan fingerprint density at radius 3 is 1.48 bits per heavy atom. The van der Waals surface area contributed by atoms with Crippen molar-refractivity contribution in [2.24, 2.45) is 11.8 Å². The number of fused-ring (bicyclic) bond motifs is 6. The highest BCUT2D eigenvalue weighted by Crippen LogP contribution is 2.57. The highest BCUT2D eigenvalue weighted by atomic mass is 32.1. The van der Waals surface area contributed by atoms with Crippen LogP contribution >= 0.6 is 45.3 Å². The van der Waals surface area contributed by atoms with Gasteiger partial charge in [-0.1, -0.05) is 105 Å². The lowest BCUT2D eigenvalue weighted by atomic mass is 9.83. The van der Waals surface area contributed by atoms with Crippen molar-refractivity contribution in [3.05, 3.63) is 70.4 Å². The second kappa shape index (κ2) is 18.0. The molecule has 0 amide bonds. The van der Waals surface area contributed by atoms with Crippen molar-refractivity contribution < 1.29 is 9.47 Å². The molecule has 0 fully saturated rings. The molecule has 11 aromatic rings. The van der Waals surface area contributed by atoms with Gasteiger partial charge in [-0.25, -0.2) is 9.97 Å². The molecular weight excluding hydrogens is 873 g/mol. The summed E-state index contributed by atoms with van der Waals surface area (Å²) in [7, 11) is 0. The Morgan fingerprint density at radius 2 is 0.985 bits per heavy atom. The van der Waals surface area contributed by atoms with E-state index in [0.717, 1.165) is 47.4 Å². The summed E-state index contributed by atoms with van der Waals surface area (Å²) in [5.41, 5.74) is 2.00. The van der Waals surface area contributed by atoms with Gasteiger partial charge in [0, 0.05) is 81.8 Å². The molecule has 6 heterocycles. The molecule has 0 aliphatic carbocycles. The van der Waals surface area contributed by atoms with Crippen LogP contribution in [-0.2, 0) is 6.42 Å². The molecule has 5 aromatic carbocycles. The average Bonchev–Trinajstić information content (AvgIpc) is 4.16. The zero-order valence-corrected chi connectivity index (χ0v) is 42.1. The number of benzene rings is 5. The first kappa shape index (κ1) is 43.2. The number of rotatable bonds is 21. The molecular formula is C57H60N2O2S4. The minimum absolute atomic E-state index is 0.487. The van der Waals surface area contributed by atoms with E-state index in [1.165, 1.54) is 162 Å². The van der Waals surface area contributed by atoms with Gasteiger partial charge >= 0.3 is 0 Å². The summed E-state index contributed by atoms with van der Waals surface area (Å²) >= 11 is 7.68. The predicted molar refractivity (Wildman–Crippen MR) is 288 cm³/mol. The topological polar surface area (TPSA) is 44.2 Å². The third-order valence-corrected chi connectivity index (χ3v) is 19.2. The van der Waals surface area contributed by atoms with Gasteiger partial charge in [-0.2, -0.15) is 0 Å². The van der Waals surface area contributed by atoms with Crippen molar-refractivity contribution in [3.63, 3.8) is 0 Å². The van der Waals surface area contributed by atoms with E-state index in [-0.39, 0.29) is 0 Å². The van der Waals surface area contributed by atoms with E-state index in [2.05, 4.69) is 102 Å². The molecule has 0 radical (unpaired) electrons. The summed E-state index contributed by atoms with van der Waals surface area (Å²) in [5, 5.41) is 15.1. The normalized spacial score (nSPS) is 13.6. The number of unbranched alkanes of at least 4 members (excludes halogenated alkanes) is 5. The minimum atomic E-state index is 0.487. The van der Waals surface area contributed by atoms with Crippen LogP contribution < -0.4 is 9.47 Å². The van der Waals surface area contributed by atoms with E-state index in [1.54, 1.807) is 0 Å². The maximum absolute atomic E-state index is 7.10. The summed E-state index contributed by atoms with van der Waals surface area (Å²) in [6.45, 7) is 15.0. The fraction of sp³-hybridized carbons (Fsp3) is 0.404. The summed E-state index contributed by atoms with van der Waals surface area (Å²) in [6.07, 6.45) is 15.7. The van der Waals surface area contributed by atoms with Gasteiger partial charge in [-0.3, -0.25) is 0 Å². The smallest absolute Gasteiger partial charge is 0.223 e. The number of ether oxygens (including phenoxy) is 2. The molecule has 8 heteroatoms. The van der Waals surface area contributed by atoms with Crippen molar-refractivity contribution in [2.75, 3.05) is 13.2 Å². The number of aromatic nitrogens is 2. The highest BCUT2D eigenvalue weighted by Gasteiger charge is 2.31. The molecule has 0 bridgehead atoms. The van der Waals surface area contributed by atoms with Gasteiger partial charge in [0.15, 0.2) is 0 Å². The van der Waals surface area contributed by atoms with Gasteiger partial charge in [-0.05, 0) is 104 Å². The summed E-state index contributed by atoms with van der Waals surface area (Å²) in [4.78, 5) is 19.3. The van der Waals surface area contributed by atoms with Gasteiger partial charge in [0.2, 0.25) is 11.8 Å². The van der Waals surface area contributed by atoms with Gasteiger partial charge in [0.25, 0.3) is 0 Å². The molecule has 0 aliphatic rings. The Kier molecular flexibility index (Phi) is 12.0. The number of hydrogen-bond acceptors (Lipinski definition) is 8. The summed E-state index contributed by atoms with van der Waals surface area (Å²) in [6, 6.07) is 23.5. The monoisotopic (exact) mass is 932 g/mol. The Bertz CT molecular complexity index is 3420. The Labute approximate surface area is 399 Å². The van der Waals surface area contributed by atoms with Gasteiger partial charge in [-0.15, -0.1) is 45.3 Å². The van der Waals surface area contributed by atoms with Gasteiger partial charge < -0.3 is 9.47 Å². The molecule has 4 nitrogen and oxygen atoms in total. The Balaban J connectivity index is 1.22. The first-order valence-corrected chi connectivity index (χ1v) is 27.9. The van der Waals surface area contributed by atoms with Gasteiger partial charge in [0.1, 0.15) is 0 Å². The number of pyridine rings is 2. The number of thiophene rings is 4. The molecule has 2 unspecified atom stereocenters. The van der Waals surface area contributed by atoms with E-state index >= 15 is 0 Å². The van der Waals surface area contributed by atoms with Crippen molar-refractivity contribution in [2.45, 2.75) is 125 Å². The standard InChI is InChI=1S/C57H60N2O2S4/c1-7-12-15-16-19-35-21-27-43(63-35)45-29-39-37-23-25-41-49-47(37)51-48-40(59-57(53(51)55(39)65-45)61-31-34(11-5)18-14-9-3)24-22-36-38-28-44(42-26-20-32(6)62-42)64-54(38)52(50(49)46(36)48)56(58-41)60-30-33(10-4)17-13-8-2/h20-29,33-34H,7-19,30-31H2,1-6H3. The predicted octanol–water partition coefficient (Wildman–Crippen LogP) is 19.2. The van der Waals surface area contributed by atoms with Crippen LogP contribution in [0.2, 0.25) is 0 Å². The van der Waals surface area contributed by atoms with Crippen LogP contribution in [0.4, 0.5) is 0 Å². The molecule has 65 heavy (non-hydrogen) atoms. The molecule has 0 saturated heterocycles. The molecule has 2 atom stereocenters. The molecule has 6 aromatic heterocycles. The summed E-state index contributed by atoms with van der Waals surface area (Å²) < 4.78 is 16.7. The first-order valence-electron chi connectivity index (χ1n) is 24.6. The third kappa shape index (κ3) is 7.41. The molecule has 0 aliphatic heterocycles.